The molecule has 0 bridgehead atoms. The van der Waals surface area contributed by atoms with Gasteiger partial charge in [0, 0.05) is 42.2 Å². The Kier molecular flexibility index (Phi) is 7.31. The van der Waals surface area contributed by atoms with Crippen molar-refractivity contribution in [3.8, 4) is 23.1 Å². The number of benzene rings is 2. The molecule has 0 fully saturated rings. The van der Waals surface area contributed by atoms with E-state index in [2.05, 4.69) is 24.3 Å². The molecule has 2 aromatic carbocycles. The van der Waals surface area contributed by atoms with Crippen molar-refractivity contribution >= 4 is 17.6 Å². The Balaban J connectivity index is 1.33. The van der Waals surface area contributed by atoms with E-state index < -0.39 is 42.8 Å². The number of fused-ring (bicyclic) bond motifs is 2. The van der Waals surface area contributed by atoms with Crippen LogP contribution in [0.5, 0.6) is 17.4 Å². The standard InChI is InChI=1S/C29H21F5N4O7/c1-37(17-7-8-20-21(11-17)45-29(33,34)44-20)26(39)15-4-3-5-18(10-15)38-24-19(25(36-38)28(30,31)32)13-42-14-22(24)43-23-9-6-16(12-35-23)27(40)41-2/h3-12,22H,13-14H2,1-2H3. The lowest BCUT2D eigenvalue weighted by atomic mass is 10.1. The number of anilines is 1. The number of aromatic nitrogens is 3. The van der Waals surface area contributed by atoms with Gasteiger partial charge in [-0.05, 0) is 36.4 Å². The number of pyridine rings is 1. The first kappa shape index (κ1) is 29.8. The van der Waals surface area contributed by atoms with Gasteiger partial charge in [0.2, 0.25) is 5.88 Å². The predicted octanol–water partition coefficient (Wildman–Crippen LogP) is 5.32. The van der Waals surface area contributed by atoms with Crippen LogP contribution in [0.2, 0.25) is 0 Å². The molecule has 45 heavy (non-hydrogen) atoms. The normalized spacial score (nSPS) is 16.6. The van der Waals surface area contributed by atoms with E-state index in [0.717, 1.165) is 9.58 Å². The Morgan fingerprint density at radius 2 is 1.82 bits per heavy atom. The molecule has 1 amide bonds. The number of esters is 1. The maximum atomic E-state index is 14.1. The number of amides is 1. The Morgan fingerprint density at radius 3 is 2.53 bits per heavy atom. The number of alkyl halides is 5. The number of ether oxygens (including phenoxy) is 5. The van der Waals surface area contributed by atoms with Gasteiger partial charge in [0.15, 0.2) is 23.3 Å². The van der Waals surface area contributed by atoms with Crippen molar-refractivity contribution in [2.75, 3.05) is 25.7 Å². The summed E-state index contributed by atoms with van der Waals surface area (Å²) in [6.45, 7) is -0.551. The molecule has 234 valence electrons. The number of methoxy groups -OCH3 is 1. The lowest BCUT2D eigenvalue weighted by Crippen LogP contribution is -2.27. The average molecular weight is 632 g/mol. The van der Waals surface area contributed by atoms with Gasteiger partial charge < -0.3 is 28.6 Å². The molecule has 0 aliphatic carbocycles. The molecule has 2 aliphatic rings. The molecule has 0 saturated heterocycles. The highest BCUT2D eigenvalue weighted by molar-refractivity contribution is 6.06. The van der Waals surface area contributed by atoms with E-state index in [-0.39, 0.29) is 57.7 Å². The van der Waals surface area contributed by atoms with Crippen LogP contribution in [0.4, 0.5) is 27.6 Å². The highest BCUT2D eigenvalue weighted by atomic mass is 19.4. The van der Waals surface area contributed by atoms with E-state index in [1.165, 1.54) is 75.0 Å². The third kappa shape index (κ3) is 5.71. The molecule has 0 spiro atoms. The quantitative estimate of drug-likeness (QED) is 0.206. The molecule has 0 radical (unpaired) electrons. The second-order valence-electron chi connectivity index (χ2n) is 9.83. The maximum absolute atomic E-state index is 14.1. The Morgan fingerprint density at radius 1 is 1.04 bits per heavy atom. The summed E-state index contributed by atoms with van der Waals surface area (Å²) in [5.74, 6) is -1.71. The number of carbonyl (C=O) groups excluding carboxylic acids is 2. The Labute approximate surface area is 250 Å². The minimum atomic E-state index is -4.84. The fourth-order valence-corrected chi connectivity index (χ4v) is 4.86. The van der Waals surface area contributed by atoms with Crippen molar-refractivity contribution in [3.63, 3.8) is 0 Å². The van der Waals surface area contributed by atoms with Gasteiger partial charge in [-0.1, -0.05) is 6.07 Å². The van der Waals surface area contributed by atoms with Crippen LogP contribution in [0.3, 0.4) is 0 Å². The molecule has 4 heterocycles. The van der Waals surface area contributed by atoms with Crippen molar-refractivity contribution in [1.29, 1.82) is 0 Å². The number of carbonyl (C=O) groups is 2. The van der Waals surface area contributed by atoms with E-state index in [1.807, 2.05) is 0 Å². The van der Waals surface area contributed by atoms with Crippen LogP contribution in [0.25, 0.3) is 5.69 Å². The van der Waals surface area contributed by atoms with Gasteiger partial charge in [0.1, 0.15) is 0 Å². The van der Waals surface area contributed by atoms with Gasteiger partial charge in [-0.3, -0.25) is 4.79 Å². The fraction of sp³-hybridized carbons (Fsp3) is 0.241. The van der Waals surface area contributed by atoms with Crippen molar-refractivity contribution in [1.82, 2.24) is 14.8 Å². The maximum Gasteiger partial charge on any atom is 0.586 e. The SMILES string of the molecule is COC(=O)c1ccc(OC2COCc3c(C(F)(F)F)nn(-c4cccc(C(=O)N(C)c5ccc6c(c5)OC(F)(F)O6)c4)c32)nc1. The summed E-state index contributed by atoms with van der Waals surface area (Å²) in [7, 11) is 2.59. The highest BCUT2D eigenvalue weighted by Gasteiger charge is 2.44. The first-order valence-electron chi connectivity index (χ1n) is 13.1. The number of halogens is 5. The zero-order valence-electron chi connectivity index (χ0n) is 23.3. The van der Waals surface area contributed by atoms with Crippen LogP contribution in [0, 0.1) is 0 Å². The van der Waals surface area contributed by atoms with E-state index in [1.54, 1.807) is 0 Å². The molecule has 1 atom stereocenters. The van der Waals surface area contributed by atoms with E-state index in [0.29, 0.717) is 0 Å². The first-order chi connectivity index (χ1) is 21.3. The number of hydrogen-bond donors (Lipinski definition) is 0. The average Bonchev–Trinajstić information content (AvgIpc) is 3.57. The first-order valence-corrected chi connectivity index (χ1v) is 13.1. The van der Waals surface area contributed by atoms with Crippen molar-refractivity contribution in [3.05, 3.63) is 88.9 Å². The molecular formula is C29H21F5N4O7. The van der Waals surface area contributed by atoms with Crippen molar-refractivity contribution in [2.45, 2.75) is 25.2 Å². The summed E-state index contributed by atoms with van der Waals surface area (Å²) in [6, 6.07) is 12.2. The molecule has 16 heteroatoms. The molecule has 0 N–H and O–H groups in total. The van der Waals surface area contributed by atoms with Gasteiger partial charge in [-0.25, -0.2) is 14.5 Å². The van der Waals surface area contributed by atoms with Crippen LogP contribution in [0.15, 0.2) is 60.8 Å². The smallest absolute Gasteiger partial charge is 0.465 e. The lowest BCUT2D eigenvalue weighted by Gasteiger charge is -2.25. The third-order valence-electron chi connectivity index (χ3n) is 6.95. The minimum absolute atomic E-state index is 0.00236. The van der Waals surface area contributed by atoms with Crippen LogP contribution in [0.1, 0.15) is 43.8 Å². The number of nitrogens with zero attached hydrogens (tertiary/aromatic N) is 4. The molecular weight excluding hydrogens is 611 g/mol. The minimum Gasteiger partial charge on any atom is -0.465 e. The van der Waals surface area contributed by atoms with E-state index in [9.17, 15) is 31.5 Å². The Bertz CT molecular complexity index is 1790. The number of rotatable bonds is 6. The van der Waals surface area contributed by atoms with Crippen LogP contribution >= 0.6 is 0 Å². The van der Waals surface area contributed by atoms with Crippen LogP contribution in [-0.2, 0) is 22.3 Å². The molecule has 11 nitrogen and oxygen atoms in total. The van der Waals surface area contributed by atoms with Crippen molar-refractivity contribution < 1.29 is 55.2 Å². The van der Waals surface area contributed by atoms with Crippen LogP contribution < -0.4 is 19.1 Å². The molecule has 0 saturated carbocycles. The summed E-state index contributed by atoms with van der Waals surface area (Å²) >= 11 is 0. The van der Waals surface area contributed by atoms with Gasteiger partial charge in [0.05, 0.1) is 37.3 Å². The van der Waals surface area contributed by atoms with Gasteiger partial charge >= 0.3 is 18.4 Å². The zero-order chi connectivity index (χ0) is 32.1. The molecule has 4 aromatic rings. The second kappa shape index (κ2) is 11.0. The summed E-state index contributed by atoms with van der Waals surface area (Å²) < 4.78 is 95.1. The van der Waals surface area contributed by atoms with Gasteiger partial charge in [0.25, 0.3) is 5.91 Å². The summed E-state index contributed by atoms with van der Waals surface area (Å²) in [4.78, 5) is 30.4. The zero-order valence-corrected chi connectivity index (χ0v) is 23.3. The van der Waals surface area contributed by atoms with Crippen molar-refractivity contribution in [2.24, 2.45) is 0 Å². The second-order valence-corrected chi connectivity index (χ2v) is 9.83. The molecule has 2 aliphatic heterocycles. The van der Waals surface area contributed by atoms with Gasteiger partial charge in [-0.2, -0.15) is 18.3 Å². The lowest BCUT2D eigenvalue weighted by molar-refractivity contribution is -0.286. The molecule has 6 rings (SSSR count). The predicted molar refractivity (Wildman–Crippen MR) is 143 cm³/mol. The largest absolute Gasteiger partial charge is 0.586 e. The summed E-state index contributed by atoms with van der Waals surface area (Å²) in [5.41, 5.74) is -0.919. The molecule has 2 aromatic heterocycles. The number of hydrogen-bond acceptors (Lipinski definition) is 9. The summed E-state index contributed by atoms with van der Waals surface area (Å²) in [6.07, 6.45) is -8.60. The summed E-state index contributed by atoms with van der Waals surface area (Å²) in [5, 5.41) is 3.85. The fourth-order valence-electron chi connectivity index (χ4n) is 4.86. The van der Waals surface area contributed by atoms with Gasteiger partial charge in [-0.15, -0.1) is 8.78 Å². The highest BCUT2D eigenvalue weighted by Crippen LogP contribution is 2.43. The molecule has 1 unspecified atom stereocenters. The monoisotopic (exact) mass is 632 g/mol. The van der Waals surface area contributed by atoms with E-state index >= 15 is 0 Å². The van der Waals surface area contributed by atoms with E-state index in [4.69, 9.17) is 9.47 Å². The van der Waals surface area contributed by atoms with Crippen LogP contribution in [-0.4, -0.2) is 53.7 Å². The topological polar surface area (TPSA) is 114 Å². The Hall–Kier alpha value is -5.25. The third-order valence-corrected chi connectivity index (χ3v) is 6.95.